The first-order valence-corrected chi connectivity index (χ1v) is 12.0. The van der Waals surface area contributed by atoms with Crippen LogP contribution in [0.5, 0.6) is 0 Å². The summed E-state index contributed by atoms with van der Waals surface area (Å²) in [5.74, 6) is 0. The Labute approximate surface area is 204 Å². The van der Waals surface area contributed by atoms with E-state index in [1.54, 1.807) is 0 Å². The van der Waals surface area contributed by atoms with Gasteiger partial charge >= 0.3 is 0 Å². The second-order valence-corrected chi connectivity index (χ2v) is 9.14. The summed E-state index contributed by atoms with van der Waals surface area (Å²) in [6, 6.07) is 8.35. The van der Waals surface area contributed by atoms with Gasteiger partial charge in [-0.3, -0.25) is 10.6 Å². The first-order chi connectivity index (χ1) is 15.4. The second-order valence-electron chi connectivity index (χ2n) is 7.90. The van der Waals surface area contributed by atoms with Crippen LogP contribution in [0.4, 0.5) is 0 Å². The topological polar surface area (TPSA) is 37.2 Å². The molecule has 0 bridgehead atoms. The molecular weight excluding hydrogens is 507 g/mol. The van der Waals surface area contributed by atoms with E-state index in [9.17, 15) is 0 Å². The van der Waals surface area contributed by atoms with Gasteiger partial charge in [0.1, 0.15) is 15.2 Å². The van der Waals surface area contributed by atoms with Crippen molar-refractivity contribution in [3.63, 3.8) is 0 Å². The lowest BCUT2D eigenvalue weighted by Crippen LogP contribution is -2.55. The minimum atomic E-state index is 0.144. The molecule has 1 saturated heterocycles. The van der Waals surface area contributed by atoms with Crippen LogP contribution in [0, 0.1) is 0 Å². The Balaban J connectivity index is 1.68. The van der Waals surface area contributed by atoms with Crippen LogP contribution in [-0.2, 0) is 0 Å². The quantitative estimate of drug-likeness (QED) is 0.214. The molecule has 3 rings (SSSR count). The predicted molar refractivity (Wildman–Crippen MR) is 147 cm³/mol. The SMILES string of the molecule is C=C(/C=C\C=C\C1CC(C(=C)/C=c2/oc3ccccc3c2=C)NC(I)N1)/C(C)=C/C=C\C. The summed E-state index contributed by atoms with van der Waals surface area (Å²) in [5.41, 5.74) is 4.78. The van der Waals surface area contributed by atoms with Crippen molar-refractivity contribution in [3.05, 3.63) is 107 Å². The summed E-state index contributed by atoms with van der Waals surface area (Å²) in [6.07, 6.45) is 17.4. The maximum absolute atomic E-state index is 6.00. The highest BCUT2D eigenvalue weighted by Gasteiger charge is 2.25. The van der Waals surface area contributed by atoms with E-state index in [1.807, 2.05) is 61.6 Å². The van der Waals surface area contributed by atoms with Gasteiger partial charge in [-0.25, -0.2) is 0 Å². The molecule has 0 amide bonds. The molecule has 32 heavy (non-hydrogen) atoms. The molecule has 166 valence electrons. The van der Waals surface area contributed by atoms with Gasteiger partial charge in [0.15, 0.2) is 0 Å². The third-order valence-corrected chi connectivity index (χ3v) is 6.21. The largest absolute Gasteiger partial charge is 0.456 e. The smallest absolute Gasteiger partial charge is 0.135 e. The van der Waals surface area contributed by atoms with Crippen molar-refractivity contribution in [2.24, 2.45) is 0 Å². The van der Waals surface area contributed by atoms with E-state index in [4.69, 9.17) is 4.42 Å². The number of alkyl halides is 1. The van der Waals surface area contributed by atoms with Crippen LogP contribution >= 0.6 is 22.6 Å². The van der Waals surface area contributed by atoms with Crippen molar-refractivity contribution >= 4 is 46.2 Å². The van der Waals surface area contributed by atoms with Crippen molar-refractivity contribution in [1.82, 2.24) is 10.6 Å². The van der Waals surface area contributed by atoms with E-state index >= 15 is 0 Å². The monoisotopic (exact) mass is 538 g/mol. The van der Waals surface area contributed by atoms with Crippen LogP contribution in [0.15, 0.2) is 101 Å². The molecule has 2 N–H and O–H groups in total. The van der Waals surface area contributed by atoms with Crippen LogP contribution in [-0.4, -0.2) is 16.3 Å². The fourth-order valence-corrected chi connectivity index (χ4v) is 4.44. The standard InChI is InChI=1S/C28H31IN2O/c1-6-7-12-19(2)20(3)13-8-9-14-23-18-25(31-28(29)30-23)21(4)17-27-22(5)24-15-10-11-16-26(24)32-27/h6-17,23,25,28,30-31H,3-5,18H2,1-2H3/b7-6-,13-8-,14-9+,19-12+,27-17+. The van der Waals surface area contributed by atoms with Crippen LogP contribution in [0.2, 0.25) is 0 Å². The van der Waals surface area contributed by atoms with Crippen LogP contribution in [0.3, 0.4) is 0 Å². The van der Waals surface area contributed by atoms with Gasteiger partial charge in [-0.15, -0.1) is 0 Å². The summed E-state index contributed by atoms with van der Waals surface area (Å²) in [7, 11) is 0. The molecule has 1 aliphatic heterocycles. The number of benzene rings is 1. The summed E-state index contributed by atoms with van der Waals surface area (Å²) < 4.78 is 6.14. The van der Waals surface area contributed by atoms with Gasteiger partial charge in [-0.1, -0.05) is 80.5 Å². The highest BCUT2D eigenvalue weighted by molar-refractivity contribution is 14.1. The van der Waals surface area contributed by atoms with Gasteiger partial charge < -0.3 is 4.42 Å². The van der Waals surface area contributed by atoms with Crippen molar-refractivity contribution in [2.75, 3.05) is 0 Å². The Kier molecular flexibility index (Phi) is 8.67. The number of halogens is 1. The molecule has 2 heterocycles. The van der Waals surface area contributed by atoms with Crippen LogP contribution in [0.1, 0.15) is 20.3 Å². The zero-order valence-corrected chi connectivity index (χ0v) is 20.9. The lowest BCUT2D eigenvalue weighted by molar-refractivity contribution is 0.369. The normalized spacial score (nSPS) is 23.2. The van der Waals surface area contributed by atoms with Crippen molar-refractivity contribution in [2.45, 2.75) is 36.5 Å². The lowest BCUT2D eigenvalue weighted by atomic mass is 9.97. The molecule has 3 atom stereocenters. The zero-order valence-electron chi connectivity index (χ0n) is 18.8. The minimum Gasteiger partial charge on any atom is -0.456 e. The van der Waals surface area contributed by atoms with E-state index in [0.717, 1.165) is 44.7 Å². The Morgan fingerprint density at radius 3 is 2.69 bits per heavy atom. The van der Waals surface area contributed by atoms with E-state index in [0.29, 0.717) is 0 Å². The second kappa shape index (κ2) is 11.5. The number of hydrogen-bond acceptors (Lipinski definition) is 3. The molecule has 0 radical (unpaired) electrons. The summed E-state index contributed by atoms with van der Waals surface area (Å²) in [6.45, 7) is 16.7. The summed E-state index contributed by atoms with van der Waals surface area (Å²) >= 11 is 2.37. The molecule has 0 aliphatic carbocycles. The zero-order chi connectivity index (χ0) is 23.1. The molecule has 1 aliphatic rings. The molecule has 3 nitrogen and oxygen atoms in total. The summed E-state index contributed by atoms with van der Waals surface area (Å²) in [4.78, 5) is 0. The molecule has 1 aromatic heterocycles. The average Bonchev–Trinajstić information content (AvgIpc) is 3.09. The van der Waals surface area contributed by atoms with Gasteiger partial charge in [0, 0.05) is 22.7 Å². The maximum atomic E-state index is 6.00. The Bertz CT molecular complexity index is 1210. The van der Waals surface area contributed by atoms with Gasteiger partial charge in [0.05, 0.1) is 0 Å². The average molecular weight is 538 g/mol. The van der Waals surface area contributed by atoms with Gasteiger partial charge in [-0.2, -0.15) is 0 Å². The van der Waals surface area contributed by atoms with Gasteiger partial charge in [0.25, 0.3) is 0 Å². The van der Waals surface area contributed by atoms with Crippen molar-refractivity contribution < 1.29 is 4.42 Å². The third-order valence-electron chi connectivity index (χ3n) is 5.49. The predicted octanol–water partition coefficient (Wildman–Crippen LogP) is 5.41. The van der Waals surface area contributed by atoms with Crippen molar-refractivity contribution in [3.8, 4) is 0 Å². The summed E-state index contributed by atoms with van der Waals surface area (Å²) in [5, 5.41) is 9.07. The number of nitrogens with one attached hydrogen (secondary N) is 2. The first kappa shape index (κ1) is 24.2. The van der Waals surface area contributed by atoms with E-state index in [2.05, 4.69) is 78.1 Å². The Morgan fingerprint density at radius 2 is 1.94 bits per heavy atom. The molecule has 3 unspecified atom stereocenters. The maximum Gasteiger partial charge on any atom is 0.135 e. The molecular formula is C28H31IN2O. The fourth-order valence-electron chi connectivity index (χ4n) is 3.55. The highest BCUT2D eigenvalue weighted by Crippen LogP contribution is 2.18. The van der Waals surface area contributed by atoms with Gasteiger partial charge in [-0.05, 0) is 71.7 Å². The number of furan rings is 1. The van der Waals surface area contributed by atoms with E-state index < -0.39 is 0 Å². The number of allylic oxidation sites excluding steroid dienone is 8. The third kappa shape index (κ3) is 6.31. The lowest BCUT2D eigenvalue weighted by Gasteiger charge is -2.34. The molecule has 1 fully saturated rings. The van der Waals surface area contributed by atoms with Gasteiger partial charge in [0.2, 0.25) is 0 Å². The number of rotatable bonds is 7. The van der Waals surface area contributed by atoms with E-state index in [1.165, 1.54) is 0 Å². The minimum absolute atomic E-state index is 0.144. The number of fused-ring (bicyclic) bond motifs is 1. The number of para-hydroxylation sites is 1. The highest BCUT2D eigenvalue weighted by atomic mass is 127. The molecule has 0 spiro atoms. The number of hydrogen-bond donors (Lipinski definition) is 2. The fraction of sp³-hybridized carbons (Fsp3) is 0.214. The molecule has 2 aromatic rings. The Hall–Kier alpha value is -2.41. The van der Waals surface area contributed by atoms with E-state index in [-0.39, 0.29) is 16.3 Å². The molecule has 0 saturated carbocycles. The van der Waals surface area contributed by atoms with Crippen LogP contribution in [0.25, 0.3) is 23.6 Å². The van der Waals surface area contributed by atoms with Crippen LogP contribution < -0.4 is 21.3 Å². The Morgan fingerprint density at radius 1 is 1.16 bits per heavy atom. The molecule has 4 heteroatoms. The van der Waals surface area contributed by atoms with Crippen molar-refractivity contribution in [1.29, 1.82) is 0 Å². The first-order valence-electron chi connectivity index (χ1n) is 10.8. The molecule has 1 aromatic carbocycles.